The number of methoxy groups -OCH3 is 1. The highest BCUT2D eigenvalue weighted by atomic mass is 127. The molecule has 1 N–H and O–H groups in total. The van der Waals surface area contributed by atoms with Gasteiger partial charge < -0.3 is 15.0 Å². The van der Waals surface area contributed by atoms with Gasteiger partial charge in [-0.2, -0.15) is 0 Å². The summed E-state index contributed by atoms with van der Waals surface area (Å²) in [5, 5.41) is 2.99. The molecule has 1 aliphatic rings. The molecule has 0 unspecified atom stereocenters. The van der Waals surface area contributed by atoms with Crippen LogP contribution in [0, 0.1) is 9.39 Å². The van der Waals surface area contributed by atoms with Crippen molar-refractivity contribution in [2.24, 2.45) is 7.05 Å². The van der Waals surface area contributed by atoms with Crippen LogP contribution in [-0.4, -0.2) is 29.0 Å². The smallest absolute Gasteiger partial charge is 0.258 e. The second-order valence-corrected chi connectivity index (χ2v) is 8.61. The topological polar surface area (TPSA) is 63.6 Å². The molecule has 0 fully saturated rings. The molecule has 0 aliphatic carbocycles. The summed E-state index contributed by atoms with van der Waals surface area (Å²) < 4.78 is 21.8. The van der Waals surface area contributed by atoms with E-state index in [-0.39, 0.29) is 17.2 Å². The fourth-order valence-electron chi connectivity index (χ4n) is 3.67. The first-order valence-electron chi connectivity index (χ1n) is 9.74. The van der Waals surface area contributed by atoms with E-state index in [1.54, 1.807) is 31.2 Å². The molecular weight excluding hydrogens is 512 g/mol. The first-order chi connectivity index (χ1) is 14.9. The van der Waals surface area contributed by atoms with Crippen LogP contribution in [0.25, 0.3) is 0 Å². The molecule has 1 aliphatic heterocycles. The van der Waals surface area contributed by atoms with E-state index >= 15 is 0 Å². The molecule has 0 bridgehead atoms. The number of halogens is 2. The predicted octanol–water partition coefficient (Wildman–Crippen LogP) is 4.08. The number of benzene rings is 2. The standard InChI is InChI=1S/C23H21FIN3O3/c1-27-20(29)11-15-9-10-28(13-14-3-6-17(31-2)7-4-14)23(30)21(15)22(27)26-19-8-5-16(25)12-18(19)24/h3-8,11-12,26H,9-10,13H2,1-2H3. The number of aromatic nitrogens is 1. The Morgan fingerprint density at radius 3 is 2.55 bits per heavy atom. The summed E-state index contributed by atoms with van der Waals surface area (Å²) in [4.78, 5) is 27.6. The van der Waals surface area contributed by atoms with E-state index in [0.29, 0.717) is 36.5 Å². The van der Waals surface area contributed by atoms with Gasteiger partial charge in [-0.25, -0.2) is 4.39 Å². The molecule has 4 rings (SSSR count). The lowest BCUT2D eigenvalue weighted by Gasteiger charge is -2.31. The minimum absolute atomic E-state index is 0.193. The first kappa shape index (κ1) is 21.4. The Bertz CT molecular complexity index is 1210. The molecule has 6 nitrogen and oxygen atoms in total. The van der Waals surface area contributed by atoms with Gasteiger partial charge in [0.25, 0.3) is 11.5 Å². The van der Waals surface area contributed by atoms with Crippen molar-refractivity contribution < 1.29 is 13.9 Å². The second kappa shape index (κ2) is 8.70. The number of rotatable bonds is 5. The van der Waals surface area contributed by atoms with Crippen LogP contribution in [0.15, 0.2) is 53.3 Å². The van der Waals surface area contributed by atoms with Crippen molar-refractivity contribution in [2.75, 3.05) is 19.0 Å². The summed E-state index contributed by atoms with van der Waals surface area (Å²) >= 11 is 2.03. The third kappa shape index (κ3) is 4.30. The van der Waals surface area contributed by atoms with Gasteiger partial charge in [-0.1, -0.05) is 12.1 Å². The summed E-state index contributed by atoms with van der Waals surface area (Å²) in [5.74, 6) is 0.406. The van der Waals surface area contributed by atoms with Crippen LogP contribution in [0.5, 0.6) is 5.75 Å². The number of amides is 1. The van der Waals surface area contributed by atoms with Crippen LogP contribution in [0.3, 0.4) is 0 Å². The third-order valence-corrected chi connectivity index (χ3v) is 6.06. The van der Waals surface area contributed by atoms with Gasteiger partial charge >= 0.3 is 0 Å². The first-order valence-corrected chi connectivity index (χ1v) is 10.8. The maximum absolute atomic E-state index is 14.5. The third-order valence-electron chi connectivity index (χ3n) is 5.39. The van der Waals surface area contributed by atoms with E-state index in [0.717, 1.165) is 14.9 Å². The molecule has 0 spiro atoms. The van der Waals surface area contributed by atoms with Crippen LogP contribution in [-0.2, 0) is 20.0 Å². The maximum Gasteiger partial charge on any atom is 0.258 e. The fourth-order valence-corrected chi connectivity index (χ4v) is 4.12. The van der Waals surface area contributed by atoms with Gasteiger partial charge in [-0.3, -0.25) is 14.2 Å². The second-order valence-electron chi connectivity index (χ2n) is 7.36. The number of nitrogens with zero attached hydrogens (tertiary/aromatic N) is 2. The molecule has 3 aromatic rings. The van der Waals surface area contributed by atoms with Crippen LogP contribution >= 0.6 is 22.6 Å². The summed E-state index contributed by atoms with van der Waals surface area (Å²) in [6.45, 7) is 0.935. The van der Waals surface area contributed by atoms with Gasteiger partial charge in [0, 0.05) is 29.8 Å². The molecular formula is C23H21FIN3O3. The Hall–Kier alpha value is -2.88. The van der Waals surface area contributed by atoms with Gasteiger partial charge in [-0.15, -0.1) is 0 Å². The minimum Gasteiger partial charge on any atom is -0.497 e. The highest BCUT2D eigenvalue weighted by molar-refractivity contribution is 14.1. The number of hydrogen-bond acceptors (Lipinski definition) is 4. The normalized spacial score (nSPS) is 13.2. The van der Waals surface area contributed by atoms with E-state index in [9.17, 15) is 14.0 Å². The zero-order valence-electron chi connectivity index (χ0n) is 17.1. The maximum atomic E-state index is 14.5. The number of anilines is 2. The highest BCUT2D eigenvalue weighted by Crippen LogP contribution is 2.29. The molecule has 1 amide bonds. The van der Waals surface area contributed by atoms with Crippen LogP contribution in [0.1, 0.15) is 21.5 Å². The summed E-state index contributed by atoms with van der Waals surface area (Å²) in [7, 11) is 3.18. The number of carbonyl (C=O) groups excluding carboxylic acids is 1. The molecule has 0 saturated carbocycles. The summed E-state index contributed by atoms with van der Waals surface area (Å²) in [6.07, 6.45) is 0.553. The van der Waals surface area contributed by atoms with Gasteiger partial charge in [0.1, 0.15) is 17.4 Å². The SMILES string of the molecule is COc1ccc(CN2CCc3cc(=O)n(C)c(Nc4ccc(I)cc4F)c3C2=O)cc1. The molecule has 0 radical (unpaired) electrons. The molecule has 2 aromatic carbocycles. The van der Waals surface area contributed by atoms with Crippen molar-refractivity contribution >= 4 is 40.0 Å². The monoisotopic (exact) mass is 533 g/mol. The quantitative estimate of drug-likeness (QED) is 0.503. The van der Waals surface area contributed by atoms with Gasteiger partial charge in [0.05, 0.1) is 18.4 Å². The lowest BCUT2D eigenvalue weighted by Crippen LogP contribution is -2.39. The van der Waals surface area contributed by atoms with Gasteiger partial charge in [0.15, 0.2) is 0 Å². The molecule has 8 heteroatoms. The Balaban J connectivity index is 1.70. The zero-order chi connectivity index (χ0) is 22.1. The van der Waals surface area contributed by atoms with Crippen molar-refractivity contribution in [1.29, 1.82) is 0 Å². The average molecular weight is 533 g/mol. The van der Waals surface area contributed by atoms with Crippen LogP contribution in [0.4, 0.5) is 15.9 Å². The summed E-state index contributed by atoms with van der Waals surface area (Å²) in [5.41, 5.74) is 2.01. The van der Waals surface area contributed by atoms with Crippen molar-refractivity contribution in [3.8, 4) is 5.75 Å². The Labute approximate surface area is 192 Å². The Morgan fingerprint density at radius 2 is 1.87 bits per heavy atom. The van der Waals surface area contributed by atoms with Gasteiger partial charge in [-0.05, 0) is 70.5 Å². The van der Waals surface area contributed by atoms with E-state index in [1.807, 2.05) is 46.9 Å². The Kier molecular flexibility index (Phi) is 5.99. The van der Waals surface area contributed by atoms with Crippen molar-refractivity contribution in [1.82, 2.24) is 9.47 Å². The van der Waals surface area contributed by atoms with E-state index in [2.05, 4.69) is 5.32 Å². The largest absolute Gasteiger partial charge is 0.497 e. The fraction of sp³-hybridized carbons (Fsp3) is 0.217. The molecule has 31 heavy (non-hydrogen) atoms. The van der Waals surface area contributed by atoms with E-state index < -0.39 is 5.82 Å². The number of hydrogen-bond donors (Lipinski definition) is 1. The van der Waals surface area contributed by atoms with E-state index in [1.165, 1.54) is 16.7 Å². The number of carbonyl (C=O) groups is 1. The Morgan fingerprint density at radius 1 is 1.13 bits per heavy atom. The number of pyridine rings is 1. The predicted molar refractivity (Wildman–Crippen MR) is 126 cm³/mol. The van der Waals surface area contributed by atoms with Crippen LogP contribution < -0.4 is 15.6 Å². The van der Waals surface area contributed by atoms with Crippen LogP contribution in [0.2, 0.25) is 0 Å². The summed E-state index contributed by atoms with van der Waals surface area (Å²) in [6, 6.07) is 13.8. The highest BCUT2D eigenvalue weighted by Gasteiger charge is 2.29. The molecule has 2 heterocycles. The lowest BCUT2D eigenvalue weighted by atomic mass is 9.99. The number of nitrogens with one attached hydrogen (secondary N) is 1. The van der Waals surface area contributed by atoms with E-state index in [4.69, 9.17) is 4.74 Å². The minimum atomic E-state index is -0.449. The molecule has 0 atom stereocenters. The van der Waals surface area contributed by atoms with Gasteiger partial charge in [0.2, 0.25) is 0 Å². The van der Waals surface area contributed by atoms with Crippen molar-refractivity contribution in [3.05, 3.63) is 85.0 Å². The zero-order valence-corrected chi connectivity index (χ0v) is 19.3. The number of fused-ring (bicyclic) bond motifs is 1. The van der Waals surface area contributed by atoms with Crippen molar-refractivity contribution in [3.63, 3.8) is 0 Å². The average Bonchev–Trinajstić information content (AvgIpc) is 2.75. The molecule has 1 aromatic heterocycles. The van der Waals surface area contributed by atoms with Crippen molar-refractivity contribution in [2.45, 2.75) is 13.0 Å². The lowest BCUT2D eigenvalue weighted by molar-refractivity contribution is 0.0727. The number of ether oxygens (including phenoxy) is 1. The molecule has 0 saturated heterocycles. The molecule has 160 valence electrons.